The van der Waals surface area contributed by atoms with E-state index >= 15 is 0 Å². The Morgan fingerprint density at radius 3 is 2.39 bits per heavy atom. The van der Waals surface area contributed by atoms with Crippen LogP contribution in [0.2, 0.25) is 0 Å². The van der Waals surface area contributed by atoms with Gasteiger partial charge in [-0.05, 0) is 31.2 Å². The van der Waals surface area contributed by atoms with Gasteiger partial charge in [-0.1, -0.05) is 0 Å². The van der Waals surface area contributed by atoms with Gasteiger partial charge in [0.15, 0.2) is 0 Å². The molecule has 0 aliphatic heterocycles. The highest BCUT2D eigenvalue weighted by Crippen LogP contribution is 2.17. The van der Waals surface area contributed by atoms with Crippen LogP contribution in [0.1, 0.15) is 12.5 Å². The van der Waals surface area contributed by atoms with Crippen molar-refractivity contribution in [3.05, 3.63) is 35.9 Å². The summed E-state index contributed by atoms with van der Waals surface area (Å²) in [7, 11) is 1.10. The lowest BCUT2D eigenvalue weighted by molar-refractivity contribution is -0.149. The molecule has 0 bridgehead atoms. The third-order valence-electron chi connectivity index (χ3n) is 2.12. The molecule has 0 fully saturated rings. The van der Waals surface area contributed by atoms with Crippen molar-refractivity contribution < 1.29 is 24.2 Å². The minimum Gasteiger partial charge on any atom is -0.507 e. The van der Waals surface area contributed by atoms with E-state index in [0.29, 0.717) is 17.9 Å². The number of hydrogen-bond donors (Lipinski definition) is 1. The fraction of sp³-hybridized carbons (Fsp3) is 0.231. The van der Waals surface area contributed by atoms with Crippen LogP contribution in [0, 0.1) is 0 Å². The number of carbonyl (C=O) groups excluding carboxylic acids is 2. The molecule has 0 spiro atoms. The van der Waals surface area contributed by atoms with Crippen LogP contribution >= 0.6 is 0 Å². The summed E-state index contributed by atoms with van der Waals surface area (Å²) in [6.45, 7) is 2.41. The van der Waals surface area contributed by atoms with Crippen LogP contribution in [0.15, 0.2) is 30.3 Å². The van der Waals surface area contributed by atoms with E-state index in [-0.39, 0.29) is 5.76 Å². The van der Waals surface area contributed by atoms with E-state index in [2.05, 4.69) is 4.74 Å². The smallest absolute Gasteiger partial charge is 0.378 e. The first kappa shape index (κ1) is 13.8. The van der Waals surface area contributed by atoms with Crippen LogP contribution < -0.4 is 4.74 Å². The predicted molar refractivity (Wildman–Crippen MR) is 65.2 cm³/mol. The normalized spacial score (nSPS) is 10.9. The van der Waals surface area contributed by atoms with Gasteiger partial charge < -0.3 is 14.6 Å². The summed E-state index contributed by atoms with van der Waals surface area (Å²) in [6.07, 6.45) is 0.821. The predicted octanol–water partition coefficient (Wildman–Crippen LogP) is 1.73. The molecule has 18 heavy (non-hydrogen) atoms. The van der Waals surface area contributed by atoms with Crippen molar-refractivity contribution >= 4 is 17.5 Å². The fourth-order valence-corrected chi connectivity index (χ4v) is 1.26. The molecule has 5 heteroatoms. The quantitative estimate of drug-likeness (QED) is 0.373. The van der Waals surface area contributed by atoms with Gasteiger partial charge in [0.25, 0.3) is 5.78 Å². The van der Waals surface area contributed by atoms with Crippen molar-refractivity contribution in [1.29, 1.82) is 0 Å². The summed E-state index contributed by atoms with van der Waals surface area (Å²) in [5.41, 5.74) is 0.413. The van der Waals surface area contributed by atoms with Gasteiger partial charge in [-0.2, -0.15) is 0 Å². The van der Waals surface area contributed by atoms with Crippen LogP contribution in [0.25, 0.3) is 5.76 Å². The van der Waals surface area contributed by atoms with Crippen molar-refractivity contribution in [3.63, 3.8) is 0 Å². The SMILES string of the molecule is CCOc1ccc(/C(O)=C/C(=O)C(=O)OC)cc1. The molecule has 1 aromatic carbocycles. The Morgan fingerprint density at radius 2 is 1.89 bits per heavy atom. The van der Waals surface area contributed by atoms with Crippen molar-refractivity contribution in [1.82, 2.24) is 0 Å². The zero-order valence-electron chi connectivity index (χ0n) is 10.2. The van der Waals surface area contributed by atoms with Crippen molar-refractivity contribution in [2.75, 3.05) is 13.7 Å². The molecule has 0 saturated heterocycles. The lowest BCUT2D eigenvalue weighted by Gasteiger charge is -2.04. The maximum Gasteiger partial charge on any atom is 0.378 e. The molecule has 5 nitrogen and oxygen atoms in total. The zero-order chi connectivity index (χ0) is 13.5. The number of benzene rings is 1. The standard InChI is InChI=1S/C13H14O5/c1-3-18-10-6-4-9(5-7-10)11(14)8-12(15)13(16)17-2/h4-8,14H,3H2,1-2H3/b11-8-. The fourth-order valence-electron chi connectivity index (χ4n) is 1.26. The largest absolute Gasteiger partial charge is 0.507 e. The van der Waals surface area contributed by atoms with E-state index in [1.807, 2.05) is 6.92 Å². The molecule has 1 aromatic rings. The Kier molecular flexibility index (Phi) is 4.92. The van der Waals surface area contributed by atoms with Gasteiger partial charge in [0.2, 0.25) is 0 Å². The number of hydrogen-bond acceptors (Lipinski definition) is 5. The average Bonchev–Trinajstić information content (AvgIpc) is 2.38. The second-order valence-corrected chi connectivity index (χ2v) is 3.34. The Bertz CT molecular complexity index is 459. The first-order chi connectivity index (χ1) is 8.58. The molecule has 0 radical (unpaired) electrons. The molecule has 0 atom stereocenters. The van der Waals surface area contributed by atoms with Gasteiger partial charge in [0.05, 0.1) is 13.7 Å². The number of ketones is 1. The Balaban J connectivity index is 2.83. The molecule has 0 unspecified atom stereocenters. The average molecular weight is 250 g/mol. The zero-order valence-corrected chi connectivity index (χ0v) is 10.2. The lowest BCUT2D eigenvalue weighted by atomic mass is 10.1. The number of aliphatic hydroxyl groups is 1. The molecular formula is C13H14O5. The van der Waals surface area contributed by atoms with Gasteiger partial charge in [0.1, 0.15) is 11.5 Å². The van der Waals surface area contributed by atoms with E-state index in [1.165, 1.54) is 0 Å². The number of methoxy groups -OCH3 is 1. The van der Waals surface area contributed by atoms with Crippen LogP contribution in [0.5, 0.6) is 5.75 Å². The molecule has 0 heterocycles. The molecule has 1 rings (SSSR count). The Labute approximate surface area is 105 Å². The lowest BCUT2D eigenvalue weighted by Crippen LogP contribution is -2.13. The van der Waals surface area contributed by atoms with Gasteiger partial charge in [-0.3, -0.25) is 4.79 Å². The highest BCUT2D eigenvalue weighted by Gasteiger charge is 2.12. The second-order valence-electron chi connectivity index (χ2n) is 3.34. The summed E-state index contributed by atoms with van der Waals surface area (Å²) < 4.78 is 9.47. The number of carbonyl (C=O) groups is 2. The molecule has 0 aliphatic rings. The summed E-state index contributed by atoms with van der Waals surface area (Å²) in [6, 6.07) is 6.49. The number of esters is 1. The van der Waals surface area contributed by atoms with E-state index in [9.17, 15) is 14.7 Å². The first-order valence-electron chi connectivity index (χ1n) is 5.34. The van der Waals surface area contributed by atoms with Crippen molar-refractivity contribution in [2.45, 2.75) is 6.92 Å². The monoisotopic (exact) mass is 250 g/mol. The molecule has 96 valence electrons. The first-order valence-corrected chi connectivity index (χ1v) is 5.34. The summed E-state index contributed by atoms with van der Waals surface area (Å²) in [5.74, 6) is -1.57. The van der Waals surface area contributed by atoms with Gasteiger partial charge in [-0.25, -0.2) is 4.79 Å². The molecular weight excluding hydrogens is 236 g/mol. The maximum absolute atomic E-state index is 11.2. The number of aliphatic hydroxyl groups excluding tert-OH is 1. The van der Waals surface area contributed by atoms with E-state index in [0.717, 1.165) is 13.2 Å². The van der Waals surface area contributed by atoms with Crippen LogP contribution in [0.4, 0.5) is 0 Å². The molecule has 1 N–H and O–H groups in total. The number of ether oxygens (including phenoxy) is 2. The summed E-state index contributed by atoms with van der Waals surface area (Å²) in [4.78, 5) is 22.1. The highest BCUT2D eigenvalue weighted by atomic mass is 16.5. The van der Waals surface area contributed by atoms with Gasteiger partial charge >= 0.3 is 5.97 Å². The Morgan fingerprint density at radius 1 is 1.28 bits per heavy atom. The van der Waals surface area contributed by atoms with Gasteiger partial charge in [-0.15, -0.1) is 0 Å². The summed E-state index contributed by atoms with van der Waals surface area (Å²) in [5, 5.41) is 9.65. The third-order valence-corrected chi connectivity index (χ3v) is 2.12. The molecule has 0 amide bonds. The third kappa shape index (κ3) is 3.62. The maximum atomic E-state index is 11.2. The van der Waals surface area contributed by atoms with Crippen molar-refractivity contribution in [2.24, 2.45) is 0 Å². The summed E-state index contributed by atoms with van der Waals surface area (Å²) >= 11 is 0. The molecule has 0 aliphatic carbocycles. The van der Waals surface area contributed by atoms with E-state index < -0.39 is 11.8 Å². The molecule has 0 aromatic heterocycles. The Hall–Kier alpha value is -2.30. The van der Waals surface area contributed by atoms with Crippen molar-refractivity contribution in [3.8, 4) is 5.75 Å². The minimum atomic E-state index is -1.02. The van der Waals surface area contributed by atoms with Crippen LogP contribution in [-0.2, 0) is 14.3 Å². The highest BCUT2D eigenvalue weighted by molar-refractivity contribution is 6.39. The van der Waals surface area contributed by atoms with E-state index in [1.54, 1.807) is 24.3 Å². The number of rotatable bonds is 5. The molecule has 0 saturated carbocycles. The van der Waals surface area contributed by atoms with Crippen LogP contribution in [0.3, 0.4) is 0 Å². The van der Waals surface area contributed by atoms with Crippen LogP contribution in [-0.4, -0.2) is 30.6 Å². The topological polar surface area (TPSA) is 72.8 Å². The second kappa shape index (κ2) is 6.44. The van der Waals surface area contributed by atoms with Gasteiger partial charge in [0, 0.05) is 11.6 Å². The minimum absolute atomic E-state index is 0.298. The van der Waals surface area contributed by atoms with E-state index in [4.69, 9.17) is 4.74 Å².